The maximum atomic E-state index is 13.7. The lowest BCUT2D eigenvalue weighted by Gasteiger charge is -2.12. The summed E-state index contributed by atoms with van der Waals surface area (Å²) in [7, 11) is 0. The van der Waals surface area contributed by atoms with Gasteiger partial charge in [-0.05, 0) is 53.4 Å². The number of alkyl halides is 3. The molecule has 0 bridgehead atoms. The lowest BCUT2D eigenvalue weighted by molar-refractivity contribution is -0.137. The van der Waals surface area contributed by atoms with Crippen LogP contribution in [0.1, 0.15) is 40.9 Å². The number of imide groups is 1. The zero-order valence-corrected chi connectivity index (χ0v) is 19.7. The van der Waals surface area contributed by atoms with E-state index in [1.54, 1.807) is 12.1 Å². The Morgan fingerprint density at radius 1 is 0.919 bits per heavy atom. The Morgan fingerprint density at radius 3 is 2.05 bits per heavy atom. The molecule has 3 amide bonds. The van der Waals surface area contributed by atoms with Crippen LogP contribution in [0.15, 0.2) is 71.9 Å². The van der Waals surface area contributed by atoms with Crippen LogP contribution in [0.2, 0.25) is 0 Å². The van der Waals surface area contributed by atoms with Crippen LogP contribution in [0.4, 0.5) is 32.4 Å². The first-order valence-corrected chi connectivity index (χ1v) is 11.0. The summed E-state index contributed by atoms with van der Waals surface area (Å²) in [5.41, 5.74) is 0.293. The summed E-state index contributed by atoms with van der Waals surface area (Å²) in [5.74, 6) is -3.56. The molecule has 6 nitrogen and oxygen atoms in total. The highest BCUT2D eigenvalue weighted by Gasteiger charge is 2.30. The van der Waals surface area contributed by atoms with Crippen molar-refractivity contribution in [2.45, 2.75) is 26.6 Å². The van der Waals surface area contributed by atoms with Crippen LogP contribution in [0.5, 0.6) is 0 Å². The molecule has 0 saturated carbocycles. The fourth-order valence-corrected chi connectivity index (χ4v) is 3.22. The number of halogens is 5. The number of carbonyl (C=O) groups is 2. The molecule has 0 saturated heterocycles. The van der Waals surface area contributed by atoms with Crippen LogP contribution >= 0.6 is 0 Å². The van der Waals surface area contributed by atoms with Gasteiger partial charge in [0.2, 0.25) is 0 Å². The Kier molecular flexibility index (Phi) is 8.59. The van der Waals surface area contributed by atoms with E-state index in [2.05, 4.69) is 10.5 Å². The third-order valence-corrected chi connectivity index (χ3v) is 5.08. The van der Waals surface area contributed by atoms with Crippen molar-refractivity contribution in [1.82, 2.24) is 5.32 Å². The van der Waals surface area contributed by atoms with E-state index in [0.29, 0.717) is 22.5 Å². The van der Waals surface area contributed by atoms with Gasteiger partial charge < -0.3 is 10.2 Å². The number of hydrogen-bond donors (Lipinski definition) is 2. The van der Waals surface area contributed by atoms with Gasteiger partial charge in [-0.2, -0.15) is 13.2 Å². The Hall–Kier alpha value is -4.28. The average Bonchev–Trinajstić information content (AvgIpc) is 2.82. The summed E-state index contributed by atoms with van der Waals surface area (Å²) in [4.78, 5) is 29.4. The first-order chi connectivity index (χ1) is 17.5. The van der Waals surface area contributed by atoms with Crippen LogP contribution < -0.4 is 10.6 Å². The van der Waals surface area contributed by atoms with Crippen molar-refractivity contribution >= 4 is 23.3 Å². The molecule has 11 heteroatoms. The SMILES string of the molecule is CC(C)C(=NOCc1ccc(NC(=O)NC(=O)c2c(F)cccc2F)cc1)c1ccc(C(F)(F)F)cc1. The fourth-order valence-electron chi connectivity index (χ4n) is 3.22. The van der Waals surface area contributed by atoms with E-state index < -0.39 is 40.9 Å². The van der Waals surface area contributed by atoms with Gasteiger partial charge >= 0.3 is 12.2 Å². The fraction of sp³-hybridized carbons (Fsp3) is 0.192. The van der Waals surface area contributed by atoms with Crippen LogP contribution in [-0.2, 0) is 17.6 Å². The molecule has 3 rings (SSSR count). The number of nitrogens with zero attached hydrogens (tertiary/aromatic N) is 1. The third-order valence-electron chi connectivity index (χ3n) is 5.08. The van der Waals surface area contributed by atoms with Crippen LogP contribution in [-0.4, -0.2) is 17.6 Å². The zero-order chi connectivity index (χ0) is 27.2. The number of benzene rings is 3. The van der Waals surface area contributed by atoms with E-state index in [4.69, 9.17) is 4.84 Å². The van der Waals surface area contributed by atoms with Gasteiger partial charge in [0.1, 0.15) is 23.8 Å². The van der Waals surface area contributed by atoms with Crippen molar-refractivity contribution in [3.8, 4) is 0 Å². The Morgan fingerprint density at radius 2 is 1.51 bits per heavy atom. The van der Waals surface area contributed by atoms with Crippen molar-refractivity contribution in [3.05, 3.63) is 101 Å². The number of nitrogens with one attached hydrogen (secondary N) is 2. The van der Waals surface area contributed by atoms with Crippen molar-refractivity contribution in [2.75, 3.05) is 5.32 Å². The van der Waals surface area contributed by atoms with E-state index in [9.17, 15) is 31.5 Å². The molecule has 2 N–H and O–H groups in total. The van der Waals surface area contributed by atoms with Gasteiger partial charge in [-0.15, -0.1) is 0 Å². The quantitative estimate of drug-likeness (QED) is 0.212. The summed E-state index contributed by atoms with van der Waals surface area (Å²) >= 11 is 0. The molecule has 0 unspecified atom stereocenters. The molecule has 0 atom stereocenters. The largest absolute Gasteiger partial charge is 0.416 e. The number of carbonyl (C=O) groups excluding carboxylic acids is 2. The standard InChI is InChI=1S/C26H22F5N3O3/c1-15(2)23(17-8-10-18(11-9-17)26(29,30)31)34-37-14-16-6-12-19(13-7-16)32-25(36)33-24(35)22-20(27)4-3-5-21(22)28/h3-13,15H,14H2,1-2H3,(H2,32,33,35,36). The molecule has 0 radical (unpaired) electrons. The van der Waals surface area contributed by atoms with E-state index in [1.165, 1.54) is 24.3 Å². The van der Waals surface area contributed by atoms with Crippen molar-refractivity contribution in [2.24, 2.45) is 11.1 Å². The first kappa shape index (κ1) is 27.3. The van der Waals surface area contributed by atoms with E-state index in [1.807, 2.05) is 19.2 Å². The molecule has 0 spiro atoms. The van der Waals surface area contributed by atoms with Crippen molar-refractivity contribution in [1.29, 1.82) is 0 Å². The Labute approximate surface area is 209 Å². The minimum absolute atomic E-state index is 0.0361. The van der Waals surface area contributed by atoms with Crippen LogP contribution in [0.25, 0.3) is 0 Å². The highest BCUT2D eigenvalue weighted by molar-refractivity contribution is 6.08. The average molecular weight is 519 g/mol. The molecular weight excluding hydrogens is 497 g/mol. The minimum atomic E-state index is -4.43. The van der Waals surface area contributed by atoms with Gasteiger partial charge in [0, 0.05) is 5.69 Å². The van der Waals surface area contributed by atoms with Gasteiger partial charge in [-0.1, -0.05) is 49.3 Å². The molecule has 0 aliphatic carbocycles. The van der Waals surface area contributed by atoms with Gasteiger partial charge in [0.25, 0.3) is 5.91 Å². The number of anilines is 1. The monoisotopic (exact) mass is 519 g/mol. The molecule has 3 aromatic carbocycles. The minimum Gasteiger partial charge on any atom is -0.391 e. The molecule has 37 heavy (non-hydrogen) atoms. The Bertz CT molecular complexity index is 1270. The van der Waals surface area contributed by atoms with Gasteiger partial charge in [0.15, 0.2) is 0 Å². The summed E-state index contributed by atoms with van der Waals surface area (Å²) in [6, 6.07) is 12.8. The molecule has 0 aliphatic rings. The zero-order valence-electron chi connectivity index (χ0n) is 19.7. The van der Waals surface area contributed by atoms with Gasteiger partial charge in [-0.3, -0.25) is 10.1 Å². The van der Waals surface area contributed by atoms with Gasteiger partial charge in [-0.25, -0.2) is 13.6 Å². The lowest BCUT2D eigenvalue weighted by Crippen LogP contribution is -2.35. The topological polar surface area (TPSA) is 79.8 Å². The maximum Gasteiger partial charge on any atom is 0.416 e. The predicted octanol–water partition coefficient (Wildman–Crippen LogP) is 6.52. The van der Waals surface area contributed by atoms with Crippen LogP contribution in [0.3, 0.4) is 0 Å². The van der Waals surface area contributed by atoms with Gasteiger partial charge in [0.05, 0.1) is 11.3 Å². The second-order valence-corrected chi connectivity index (χ2v) is 8.18. The highest BCUT2D eigenvalue weighted by atomic mass is 19.4. The Balaban J connectivity index is 1.57. The number of hydrogen-bond acceptors (Lipinski definition) is 4. The van der Waals surface area contributed by atoms with Crippen molar-refractivity contribution < 1.29 is 36.4 Å². The lowest BCUT2D eigenvalue weighted by atomic mass is 9.99. The second kappa shape index (κ2) is 11.6. The molecular formula is C26H22F5N3O3. The summed E-state index contributed by atoms with van der Waals surface area (Å²) in [6.45, 7) is 3.70. The molecule has 0 fully saturated rings. The van der Waals surface area contributed by atoms with Crippen LogP contribution in [0, 0.1) is 17.6 Å². The predicted molar refractivity (Wildman–Crippen MR) is 127 cm³/mol. The van der Waals surface area contributed by atoms with E-state index in [0.717, 1.165) is 30.3 Å². The molecule has 0 heterocycles. The molecule has 0 aromatic heterocycles. The van der Waals surface area contributed by atoms with E-state index in [-0.39, 0.29) is 12.5 Å². The molecule has 3 aromatic rings. The number of oxime groups is 1. The highest BCUT2D eigenvalue weighted by Crippen LogP contribution is 2.29. The summed E-state index contributed by atoms with van der Waals surface area (Å²) in [5, 5.41) is 8.31. The smallest absolute Gasteiger partial charge is 0.391 e. The maximum absolute atomic E-state index is 13.7. The number of rotatable bonds is 7. The summed E-state index contributed by atoms with van der Waals surface area (Å²) in [6.07, 6.45) is -4.43. The third kappa shape index (κ3) is 7.35. The second-order valence-electron chi connectivity index (χ2n) is 8.18. The normalized spacial score (nSPS) is 11.8. The molecule has 0 aliphatic heterocycles. The van der Waals surface area contributed by atoms with Crippen molar-refractivity contribution in [3.63, 3.8) is 0 Å². The summed E-state index contributed by atoms with van der Waals surface area (Å²) < 4.78 is 65.8. The number of urea groups is 1. The molecule has 194 valence electrons. The first-order valence-electron chi connectivity index (χ1n) is 11.0. The number of amides is 3. The van der Waals surface area contributed by atoms with E-state index >= 15 is 0 Å².